The molecule has 3 nitrogen and oxygen atoms in total. The Labute approximate surface area is 160 Å². The van der Waals surface area contributed by atoms with E-state index in [2.05, 4.69) is 67.8 Å². The number of pyridine rings is 1. The van der Waals surface area contributed by atoms with Crippen molar-refractivity contribution in [1.82, 2.24) is 9.55 Å². The van der Waals surface area contributed by atoms with E-state index in [4.69, 9.17) is 9.72 Å². The van der Waals surface area contributed by atoms with Crippen LogP contribution in [0.25, 0.3) is 22.2 Å². The second-order valence-corrected chi connectivity index (χ2v) is 7.07. The SMILES string of the molecule is COc1ccc(Cn2c(C)c(C)c3ccnc(-c4ccc(C)cc4)c32)cc1. The van der Waals surface area contributed by atoms with E-state index >= 15 is 0 Å². The molecule has 2 aromatic carbocycles. The molecule has 136 valence electrons. The lowest BCUT2D eigenvalue weighted by molar-refractivity contribution is 0.414. The largest absolute Gasteiger partial charge is 0.497 e. The van der Waals surface area contributed by atoms with Crippen LogP contribution in [0.3, 0.4) is 0 Å². The summed E-state index contributed by atoms with van der Waals surface area (Å²) in [5, 5.41) is 1.27. The minimum absolute atomic E-state index is 0.810. The van der Waals surface area contributed by atoms with Crippen molar-refractivity contribution < 1.29 is 4.74 Å². The minimum Gasteiger partial charge on any atom is -0.497 e. The molecule has 0 unspecified atom stereocenters. The van der Waals surface area contributed by atoms with Crippen LogP contribution in [0.15, 0.2) is 60.8 Å². The van der Waals surface area contributed by atoms with Crippen LogP contribution in [0.1, 0.15) is 22.4 Å². The summed E-state index contributed by atoms with van der Waals surface area (Å²) in [6.45, 7) is 7.31. The smallest absolute Gasteiger partial charge is 0.118 e. The van der Waals surface area contributed by atoms with Crippen LogP contribution in [0.2, 0.25) is 0 Å². The van der Waals surface area contributed by atoms with Crippen LogP contribution >= 0.6 is 0 Å². The third kappa shape index (κ3) is 3.10. The first-order valence-electron chi connectivity index (χ1n) is 9.23. The van der Waals surface area contributed by atoms with E-state index in [-0.39, 0.29) is 0 Å². The molecule has 0 atom stereocenters. The van der Waals surface area contributed by atoms with Crippen LogP contribution in [0, 0.1) is 20.8 Å². The highest BCUT2D eigenvalue weighted by atomic mass is 16.5. The van der Waals surface area contributed by atoms with Crippen molar-refractivity contribution in [2.45, 2.75) is 27.3 Å². The molecule has 0 aliphatic heterocycles. The highest BCUT2D eigenvalue weighted by molar-refractivity contribution is 5.95. The van der Waals surface area contributed by atoms with Crippen molar-refractivity contribution in [2.24, 2.45) is 0 Å². The van der Waals surface area contributed by atoms with Crippen molar-refractivity contribution >= 4 is 10.9 Å². The van der Waals surface area contributed by atoms with E-state index in [0.29, 0.717) is 0 Å². The summed E-state index contributed by atoms with van der Waals surface area (Å²) in [7, 11) is 1.70. The second-order valence-electron chi connectivity index (χ2n) is 7.07. The maximum atomic E-state index is 5.29. The summed E-state index contributed by atoms with van der Waals surface area (Å²) in [4.78, 5) is 4.75. The molecule has 0 bridgehead atoms. The van der Waals surface area contributed by atoms with E-state index < -0.39 is 0 Å². The summed E-state index contributed by atoms with van der Waals surface area (Å²) in [5.41, 5.74) is 8.49. The number of fused-ring (bicyclic) bond motifs is 1. The van der Waals surface area contributed by atoms with Crippen LogP contribution < -0.4 is 4.74 Å². The molecule has 0 amide bonds. The monoisotopic (exact) mass is 356 g/mol. The molecule has 2 aromatic heterocycles. The van der Waals surface area contributed by atoms with Gasteiger partial charge in [0.15, 0.2) is 0 Å². The first kappa shape index (κ1) is 17.3. The number of aromatic nitrogens is 2. The molecule has 4 rings (SSSR count). The maximum absolute atomic E-state index is 5.29. The average Bonchev–Trinajstić information content (AvgIpc) is 2.94. The zero-order valence-electron chi connectivity index (χ0n) is 16.3. The maximum Gasteiger partial charge on any atom is 0.118 e. The molecule has 0 aliphatic carbocycles. The molecule has 2 heterocycles. The highest BCUT2D eigenvalue weighted by Crippen LogP contribution is 2.33. The Morgan fingerprint density at radius 2 is 1.59 bits per heavy atom. The van der Waals surface area contributed by atoms with Gasteiger partial charge < -0.3 is 9.30 Å². The van der Waals surface area contributed by atoms with E-state index in [0.717, 1.165) is 23.6 Å². The molecule has 0 aliphatic rings. The lowest BCUT2D eigenvalue weighted by atomic mass is 10.1. The fraction of sp³-hybridized carbons (Fsp3) is 0.208. The van der Waals surface area contributed by atoms with Gasteiger partial charge in [0.2, 0.25) is 0 Å². The zero-order chi connectivity index (χ0) is 19.0. The van der Waals surface area contributed by atoms with Gasteiger partial charge in [0.05, 0.1) is 18.3 Å². The average molecular weight is 356 g/mol. The lowest BCUT2D eigenvalue weighted by Crippen LogP contribution is -2.03. The van der Waals surface area contributed by atoms with E-state index in [1.165, 1.54) is 33.3 Å². The van der Waals surface area contributed by atoms with Gasteiger partial charge in [0.1, 0.15) is 5.75 Å². The van der Waals surface area contributed by atoms with Crippen LogP contribution in [0.4, 0.5) is 0 Å². The number of methoxy groups -OCH3 is 1. The lowest BCUT2D eigenvalue weighted by Gasteiger charge is -2.12. The Hall–Kier alpha value is -3.07. The predicted octanol–water partition coefficient (Wildman–Crippen LogP) is 5.69. The Bertz CT molecular complexity index is 1090. The first-order valence-corrected chi connectivity index (χ1v) is 9.23. The normalized spacial score (nSPS) is 11.1. The quantitative estimate of drug-likeness (QED) is 0.470. The van der Waals surface area contributed by atoms with Crippen LogP contribution in [0.5, 0.6) is 5.75 Å². The van der Waals surface area contributed by atoms with Crippen molar-refractivity contribution in [3.63, 3.8) is 0 Å². The Balaban J connectivity index is 1.88. The van der Waals surface area contributed by atoms with Gasteiger partial charge in [-0.25, -0.2) is 0 Å². The predicted molar refractivity (Wildman–Crippen MR) is 111 cm³/mol. The summed E-state index contributed by atoms with van der Waals surface area (Å²) in [6.07, 6.45) is 1.92. The number of nitrogens with zero attached hydrogens (tertiary/aromatic N) is 2. The van der Waals surface area contributed by atoms with Gasteiger partial charge in [-0.3, -0.25) is 4.98 Å². The second kappa shape index (κ2) is 6.92. The van der Waals surface area contributed by atoms with Crippen molar-refractivity contribution in [1.29, 1.82) is 0 Å². The number of hydrogen-bond acceptors (Lipinski definition) is 2. The standard InChI is InChI=1S/C24H24N2O/c1-16-5-9-20(10-6-16)23-24-22(13-14-25-23)17(2)18(3)26(24)15-19-7-11-21(27-4)12-8-19/h5-14H,15H2,1-4H3. The molecule has 27 heavy (non-hydrogen) atoms. The van der Waals surface area contributed by atoms with Crippen molar-refractivity contribution in [3.8, 4) is 17.0 Å². The van der Waals surface area contributed by atoms with Gasteiger partial charge in [0, 0.05) is 29.4 Å². The number of aryl methyl sites for hydroxylation is 2. The van der Waals surface area contributed by atoms with E-state index in [1.807, 2.05) is 18.3 Å². The van der Waals surface area contributed by atoms with Crippen molar-refractivity contribution in [3.05, 3.63) is 83.2 Å². The third-order valence-corrected chi connectivity index (χ3v) is 5.37. The van der Waals surface area contributed by atoms with Gasteiger partial charge >= 0.3 is 0 Å². The first-order chi connectivity index (χ1) is 13.1. The number of hydrogen-bond donors (Lipinski definition) is 0. The van der Waals surface area contributed by atoms with Gasteiger partial charge in [-0.15, -0.1) is 0 Å². The van der Waals surface area contributed by atoms with Crippen molar-refractivity contribution in [2.75, 3.05) is 7.11 Å². The topological polar surface area (TPSA) is 27.1 Å². The molecule has 0 saturated heterocycles. The third-order valence-electron chi connectivity index (χ3n) is 5.37. The fourth-order valence-electron chi connectivity index (χ4n) is 3.63. The summed E-state index contributed by atoms with van der Waals surface area (Å²) in [6, 6.07) is 19.0. The van der Waals surface area contributed by atoms with E-state index in [1.54, 1.807) is 7.11 Å². The summed E-state index contributed by atoms with van der Waals surface area (Å²) < 4.78 is 7.67. The summed E-state index contributed by atoms with van der Waals surface area (Å²) >= 11 is 0. The van der Waals surface area contributed by atoms with Gasteiger partial charge in [-0.05, 0) is 50.1 Å². The van der Waals surface area contributed by atoms with Crippen LogP contribution in [-0.2, 0) is 6.54 Å². The fourth-order valence-corrected chi connectivity index (χ4v) is 3.63. The Morgan fingerprint density at radius 1 is 0.889 bits per heavy atom. The number of rotatable bonds is 4. The molecule has 4 aromatic rings. The Kier molecular flexibility index (Phi) is 4.44. The van der Waals surface area contributed by atoms with E-state index in [9.17, 15) is 0 Å². The molecule has 3 heteroatoms. The molecular weight excluding hydrogens is 332 g/mol. The van der Waals surface area contributed by atoms with Gasteiger partial charge in [0.25, 0.3) is 0 Å². The molecule has 0 N–H and O–H groups in total. The molecule has 0 radical (unpaired) electrons. The van der Waals surface area contributed by atoms with Gasteiger partial charge in [-0.2, -0.15) is 0 Å². The Morgan fingerprint density at radius 3 is 2.26 bits per heavy atom. The molecule has 0 saturated carbocycles. The molecular formula is C24H24N2O. The summed E-state index contributed by atoms with van der Waals surface area (Å²) in [5.74, 6) is 0.881. The molecule has 0 spiro atoms. The van der Waals surface area contributed by atoms with Gasteiger partial charge in [-0.1, -0.05) is 42.0 Å². The van der Waals surface area contributed by atoms with Crippen LogP contribution in [-0.4, -0.2) is 16.7 Å². The number of ether oxygens (including phenoxy) is 1. The zero-order valence-corrected chi connectivity index (χ0v) is 16.3. The number of benzene rings is 2. The highest BCUT2D eigenvalue weighted by Gasteiger charge is 2.16. The minimum atomic E-state index is 0.810. The molecule has 0 fully saturated rings.